The summed E-state index contributed by atoms with van der Waals surface area (Å²) in [4.78, 5) is 6.97. The summed E-state index contributed by atoms with van der Waals surface area (Å²) in [6, 6.07) is 21.0. The Morgan fingerprint density at radius 3 is 2.38 bits per heavy atom. The van der Waals surface area contributed by atoms with Gasteiger partial charge in [-0.1, -0.05) is 99.3 Å². The average molecular weight is 454 g/mol. The summed E-state index contributed by atoms with van der Waals surface area (Å²) in [5.74, 6) is 0. The quantitative estimate of drug-likeness (QED) is 0.409. The number of thioether (sulfide) groups is 1. The highest BCUT2D eigenvalue weighted by molar-refractivity contribution is 8.14. The summed E-state index contributed by atoms with van der Waals surface area (Å²) in [5.41, 5.74) is 9.84. The van der Waals surface area contributed by atoms with Gasteiger partial charge >= 0.3 is 0 Å². The lowest BCUT2D eigenvalue weighted by Gasteiger charge is -2.44. The summed E-state index contributed by atoms with van der Waals surface area (Å²) in [6.07, 6.45) is 3.19. The molecule has 174 valence electrons. The standard InChI is InChI=1S/C25H33N3OS.C2H6/c1-4-11-20(2)24(27-3)30-23(22-14-9-6-10-15-22)25(26)19-28(16-17-29-25)18-21-12-7-5-8-13-21;1-2/h5-15,23H,4,16-19,26H2,1-3H3;1-2H3/b20-11-,27-24?;. The SMILES string of the molecule is CC.CC/C=C(/C)C(=NC)SC(c1ccccc1)C1(N)CN(Cc2ccccc2)CCO1. The predicted molar refractivity (Wildman–Crippen MR) is 140 cm³/mol. The minimum atomic E-state index is -0.804. The van der Waals surface area contributed by atoms with Crippen molar-refractivity contribution in [2.45, 2.75) is 51.6 Å². The van der Waals surface area contributed by atoms with Crippen LogP contribution < -0.4 is 5.73 Å². The van der Waals surface area contributed by atoms with E-state index in [9.17, 15) is 0 Å². The van der Waals surface area contributed by atoms with Crippen molar-refractivity contribution in [1.29, 1.82) is 0 Å². The number of nitrogens with zero attached hydrogens (tertiary/aromatic N) is 2. The highest BCUT2D eigenvalue weighted by Crippen LogP contribution is 2.41. The molecule has 0 saturated carbocycles. The van der Waals surface area contributed by atoms with Crippen LogP contribution in [0, 0.1) is 0 Å². The zero-order valence-electron chi connectivity index (χ0n) is 20.3. The van der Waals surface area contributed by atoms with Crippen LogP contribution in [0.15, 0.2) is 77.3 Å². The molecule has 2 unspecified atom stereocenters. The number of hydrogen-bond acceptors (Lipinski definition) is 5. The maximum atomic E-state index is 7.00. The van der Waals surface area contributed by atoms with Crippen molar-refractivity contribution in [3.8, 4) is 0 Å². The highest BCUT2D eigenvalue weighted by Gasteiger charge is 2.42. The fourth-order valence-corrected chi connectivity index (χ4v) is 5.11. The Morgan fingerprint density at radius 1 is 1.16 bits per heavy atom. The van der Waals surface area contributed by atoms with Crippen molar-refractivity contribution < 1.29 is 4.74 Å². The Bertz CT molecular complexity index is 854. The second-order valence-corrected chi connectivity index (χ2v) is 8.83. The Balaban J connectivity index is 0.00000176. The van der Waals surface area contributed by atoms with Crippen LogP contribution in [-0.4, -0.2) is 42.4 Å². The third kappa shape index (κ3) is 7.31. The topological polar surface area (TPSA) is 50.8 Å². The van der Waals surface area contributed by atoms with E-state index in [2.05, 4.69) is 84.4 Å². The van der Waals surface area contributed by atoms with E-state index in [0.717, 1.165) is 30.1 Å². The first kappa shape index (κ1) is 26.3. The molecule has 0 aliphatic carbocycles. The predicted octanol–water partition coefficient (Wildman–Crippen LogP) is 6.06. The van der Waals surface area contributed by atoms with Gasteiger partial charge < -0.3 is 10.5 Å². The largest absolute Gasteiger partial charge is 0.357 e. The third-order valence-electron chi connectivity index (χ3n) is 5.32. The molecule has 2 aromatic carbocycles. The smallest absolute Gasteiger partial charge is 0.146 e. The molecule has 2 aromatic rings. The molecule has 1 saturated heterocycles. The average Bonchev–Trinajstić information content (AvgIpc) is 2.82. The van der Waals surface area contributed by atoms with Gasteiger partial charge in [-0.05, 0) is 30.0 Å². The Hall–Kier alpha value is -1.92. The van der Waals surface area contributed by atoms with Gasteiger partial charge in [-0.15, -0.1) is 0 Å². The molecule has 0 radical (unpaired) electrons. The van der Waals surface area contributed by atoms with Crippen LogP contribution in [0.3, 0.4) is 0 Å². The van der Waals surface area contributed by atoms with Gasteiger partial charge in [-0.3, -0.25) is 9.89 Å². The van der Waals surface area contributed by atoms with Gasteiger partial charge in [0.05, 0.1) is 16.9 Å². The molecule has 1 heterocycles. The van der Waals surface area contributed by atoms with E-state index in [1.165, 1.54) is 11.1 Å². The van der Waals surface area contributed by atoms with Crippen LogP contribution in [0.4, 0.5) is 0 Å². The number of nitrogens with two attached hydrogens (primary N) is 1. The van der Waals surface area contributed by atoms with Crippen molar-refractivity contribution in [2.75, 3.05) is 26.7 Å². The van der Waals surface area contributed by atoms with E-state index in [-0.39, 0.29) is 5.25 Å². The molecule has 0 amide bonds. The number of rotatable bonds is 7. The van der Waals surface area contributed by atoms with Gasteiger partial charge in [0.25, 0.3) is 0 Å². The van der Waals surface area contributed by atoms with Crippen molar-refractivity contribution in [3.05, 3.63) is 83.4 Å². The molecule has 2 N–H and O–H groups in total. The molecular weight excluding hydrogens is 414 g/mol. The van der Waals surface area contributed by atoms with E-state index < -0.39 is 5.72 Å². The summed E-state index contributed by atoms with van der Waals surface area (Å²) in [5, 5.41) is 0.954. The fraction of sp³-hybridized carbons (Fsp3) is 0.444. The van der Waals surface area contributed by atoms with E-state index in [4.69, 9.17) is 10.5 Å². The number of hydrogen-bond donors (Lipinski definition) is 1. The summed E-state index contributed by atoms with van der Waals surface area (Å²) in [7, 11) is 1.85. The monoisotopic (exact) mass is 453 g/mol. The molecule has 1 fully saturated rings. The van der Waals surface area contributed by atoms with Crippen molar-refractivity contribution in [1.82, 2.24) is 4.90 Å². The second kappa shape index (κ2) is 13.6. The van der Waals surface area contributed by atoms with Crippen LogP contribution in [0.5, 0.6) is 0 Å². The van der Waals surface area contributed by atoms with E-state index in [1.54, 1.807) is 11.8 Å². The van der Waals surface area contributed by atoms with Crippen LogP contribution in [0.25, 0.3) is 0 Å². The first-order valence-corrected chi connectivity index (χ1v) is 12.5. The highest BCUT2D eigenvalue weighted by atomic mass is 32.2. The van der Waals surface area contributed by atoms with Gasteiger partial charge in [0.15, 0.2) is 0 Å². The zero-order chi connectivity index (χ0) is 23.4. The Kier molecular flexibility index (Phi) is 11.2. The molecular formula is C27H39N3OS. The Labute approximate surface area is 199 Å². The first-order valence-electron chi connectivity index (χ1n) is 11.6. The van der Waals surface area contributed by atoms with Crippen LogP contribution in [-0.2, 0) is 11.3 Å². The number of morpholine rings is 1. The molecule has 1 aliphatic rings. The number of aliphatic imine (C=N–C) groups is 1. The van der Waals surface area contributed by atoms with E-state index >= 15 is 0 Å². The van der Waals surface area contributed by atoms with Gasteiger partial charge in [0, 0.05) is 26.7 Å². The Morgan fingerprint density at radius 2 is 1.78 bits per heavy atom. The van der Waals surface area contributed by atoms with E-state index in [0.29, 0.717) is 13.2 Å². The fourth-order valence-electron chi connectivity index (χ4n) is 3.88. The lowest BCUT2D eigenvalue weighted by atomic mass is 10.00. The van der Waals surface area contributed by atoms with Crippen molar-refractivity contribution >= 4 is 16.8 Å². The normalized spacial score (nSPS) is 20.9. The number of allylic oxidation sites excluding steroid dienone is 1. The third-order valence-corrected chi connectivity index (χ3v) is 6.96. The summed E-state index contributed by atoms with van der Waals surface area (Å²) in [6.45, 7) is 11.3. The minimum Gasteiger partial charge on any atom is -0.357 e. The van der Waals surface area contributed by atoms with Crippen LogP contribution >= 0.6 is 11.8 Å². The molecule has 5 heteroatoms. The lowest BCUT2D eigenvalue weighted by Crippen LogP contribution is -2.60. The molecule has 0 bridgehead atoms. The zero-order valence-corrected chi connectivity index (χ0v) is 21.1. The number of ether oxygens (including phenoxy) is 1. The number of benzene rings is 2. The maximum absolute atomic E-state index is 7.00. The summed E-state index contributed by atoms with van der Waals surface area (Å²) >= 11 is 1.71. The molecule has 0 aromatic heterocycles. The molecule has 0 spiro atoms. The van der Waals surface area contributed by atoms with Crippen molar-refractivity contribution in [2.24, 2.45) is 10.7 Å². The molecule has 2 atom stereocenters. The summed E-state index contributed by atoms with van der Waals surface area (Å²) < 4.78 is 6.28. The maximum Gasteiger partial charge on any atom is 0.146 e. The van der Waals surface area contributed by atoms with Crippen LogP contribution in [0.2, 0.25) is 0 Å². The lowest BCUT2D eigenvalue weighted by molar-refractivity contribution is -0.109. The van der Waals surface area contributed by atoms with Gasteiger partial charge in [0.2, 0.25) is 0 Å². The molecule has 1 aliphatic heterocycles. The first-order chi connectivity index (χ1) is 15.6. The molecule has 4 nitrogen and oxygen atoms in total. The van der Waals surface area contributed by atoms with Gasteiger partial charge in [-0.25, -0.2) is 0 Å². The van der Waals surface area contributed by atoms with Crippen molar-refractivity contribution in [3.63, 3.8) is 0 Å². The second-order valence-electron chi connectivity index (χ2n) is 7.73. The molecule has 3 rings (SSSR count). The van der Waals surface area contributed by atoms with Crippen LogP contribution in [0.1, 0.15) is 50.5 Å². The van der Waals surface area contributed by atoms with E-state index in [1.807, 2.05) is 27.0 Å². The minimum absolute atomic E-state index is 0.0591. The van der Waals surface area contributed by atoms with Gasteiger partial charge in [-0.2, -0.15) is 0 Å². The molecule has 32 heavy (non-hydrogen) atoms. The van der Waals surface area contributed by atoms with Gasteiger partial charge in [0.1, 0.15) is 5.72 Å².